The van der Waals surface area contributed by atoms with Crippen molar-refractivity contribution >= 4 is 17.5 Å². The fraction of sp³-hybridized carbons (Fsp3) is 0.364. The Morgan fingerprint density at radius 3 is 2.83 bits per heavy atom. The molecular formula is C11H14FN5O. The summed E-state index contributed by atoms with van der Waals surface area (Å²) in [6.07, 6.45) is 3.82. The highest BCUT2D eigenvalue weighted by atomic mass is 19.1. The molecule has 0 amide bonds. The highest BCUT2D eigenvalue weighted by molar-refractivity contribution is 6.38. The molecule has 0 aromatic heterocycles. The molecule has 3 N–H and O–H groups in total. The van der Waals surface area contributed by atoms with Crippen molar-refractivity contribution in [2.24, 2.45) is 10.2 Å². The Labute approximate surface area is 104 Å². The van der Waals surface area contributed by atoms with Gasteiger partial charge in [0, 0.05) is 13.0 Å². The molecule has 1 aliphatic carbocycles. The number of hydrogen-bond donors (Lipinski definition) is 3. The van der Waals surface area contributed by atoms with Gasteiger partial charge in [0.1, 0.15) is 5.83 Å². The maximum atomic E-state index is 13.8. The number of likely N-dealkylation sites (N-methyl/N-ethyl adjacent to an activating group) is 1. The van der Waals surface area contributed by atoms with Crippen molar-refractivity contribution in [2.45, 2.75) is 19.4 Å². The molecule has 0 fully saturated rings. The molecule has 0 bridgehead atoms. The summed E-state index contributed by atoms with van der Waals surface area (Å²) in [5.41, 5.74) is 5.50. The molecule has 0 saturated carbocycles. The van der Waals surface area contributed by atoms with Gasteiger partial charge in [-0.3, -0.25) is 15.6 Å². The van der Waals surface area contributed by atoms with Crippen molar-refractivity contribution in [3.8, 4) is 0 Å². The third kappa shape index (κ3) is 2.30. The SMILES string of the molecule is CNC1CC=CC(F)=C1C1=NNC(C(C)=O)=NN1. The number of amidine groups is 2. The lowest BCUT2D eigenvalue weighted by Gasteiger charge is -2.24. The highest BCUT2D eigenvalue weighted by Crippen LogP contribution is 2.21. The molecule has 1 unspecified atom stereocenters. The van der Waals surface area contributed by atoms with Gasteiger partial charge in [-0.1, -0.05) is 6.08 Å². The zero-order valence-electron chi connectivity index (χ0n) is 10.1. The van der Waals surface area contributed by atoms with Crippen LogP contribution in [0.1, 0.15) is 13.3 Å². The van der Waals surface area contributed by atoms with Crippen LogP contribution in [0.4, 0.5) is 4.39 Å². The summed E-state index contributed by atoms with van der Waals surface area (Å²) in [5, 5.41) is 10.8. The van der Waals surface area contributed by atoms with Gasteiger partial charge in [0.05, 0.1) is 5.57 Å². The molecule has 2 aliphatic rings. The van der Waals surface area contributed by atoms with Crippen LogP contribution in [-0.4, -0.2) is 30.5 Å². The van der Waals surface area contributed by atoms with E-state index in [1.807, 2.05) is 0 Å². The first-order valence-electron chi connectivity index (χ1n) is 5.55. The fourth-order valence-electron chi connectivity index (χ4n) is 1.77. The standard InChI is InChI=1S/C11H14FN5O/c1-6(18)10-14-16-11(17-15-10)9-7(12)4-3-5-8(9)13-2/h3-4,8,13H,5H2,1-2H3,(H,14,15)(H,16,17). The summed E-state index contributed by atoms with van der Waals surface area (Å²) in [4.78, 5) is 11.1. The number of ketones is 1. The average Bonchev–Trinajstić information content (AvgIpc) is 2.38. The van der Waals surface area contributed by atoms with E-state index in [2.05, 4.69) is 26.4 Å². The Bertz CT molecular complexity index is 492. The highest BCUT2D eigenvalue weighted by Gasteiger charge is 2.25. The van der Waals surface area contributed by atoms with Crippen molar-refractivity contribution in [3.05, 3.63) is 23.6 Å². The van der Waals surface area contributed by atoms with Gasteiger partial charge < -0.3 is 5.32 Å². The minimum atomic E-state index is -0.366. The predicted molar refractivity (Wildman–Crippen MR) is 66.6 cm³/mol. The van der Waals surface area contributed by atoms with E-state index in [0.29, 0.717) is 12.0 Å². The number of allylic oxidation sites excluding steroid dienone is 2. The zero-order chi connectivity index (χ0) is 13.1. The summed E-state index contributed by atoms with van der Waals surface area (Å²) in [5.74, 6) is -0.225. The van der Waals surface area contributed by atoms with Gasteiger partial charge in [-0.25, -0.2) is 4.39 Å². The van der Waals surface area contributed by atoms with Crippen molar-refractivity contribution in [1.29, 1.82) is 0 Å². The third-order valence-corrected chi connectivity index (χ3v) is 2.73. The second kappa shape index (κ2) is 5.09. The van der Waals surface area contributed by atoms with Gasteiger partial charge >= 0.3 is 0 Å². The second-order valence-electron chi connectivity index (χ2n) is 3.94. The molecular weight excluding hydrogens is 237 g/mol. The van der Waals surface area contributed by atoms with Crippen molar-refractivity contribution in [2.75, 3.05) is 7.05 Å². The van der Waals surface area contributed by atoms with E-state index in [0.717, 1.165) is 0 Å². The number of carbonyl (C=O) groups is 1. The normalized spacial score (nSPS) is 22.9. The van der Waals surface area contributed by atoms with Crippen LogP contribution >= 0.6 is 0 Å². The smallest absolute Gasteiger partial charge is 0.209 e. The summed E-state index contributed by atoms with van der Waals surface area (Å²) >= 11 is 0. The molecule has 18 heavy (non-hydrogen) atoms. The quantitative estimate of drug-likeness (QED) is 0.668. The van der Waals surface area contributed by atoms with Gasteiger partial charge in [0.2, 0.25) is 5.84 Å². The minimum absolute atomic E-state index is 0.104. The minimum Gasteiger partial charge on any atom is -0.313 e. The van der Waals surface area contributed by atoms with E-state index in [1.54, 1.807) is 13.1 Å². The molecule has 96 valence electrons. The van der Waals surface area contributed by atoms with Gasteiger partial charge in [0.25, 0.3) is 0 Å². The van der Waals surface area contributed by atoms with Crippen LogP contribution in [0.2, 0.25) is 0 Å². The molecule has 2 rings (SSSR count). The van der Waals surface area contributed by atoms with Crippen LogP contribution in [0, 0.1) is 0 Å². The lowest BCUT2D eigenvalue weighted by atomic mass is 9.97. The molecule has 1 heterocycles. The van der Waals surface area contributed by atoms with Crippen LogP contribution in [0.25, 0.3) is 0 Å². The van der Waals surface area contributed by atoms with E-state index in [4.69, 9.17) is 0 Å². The largest absolute Gasteiger partial charge is 0.313 e. The number of carbonyl (C=O) groups excluding carboxylic acids is 1. The monoisotopic (exact) mass is 251 g/mol. The molecule has 1 atom stereocenters. The Kier molecular flexibility index (Phi) is 3.52. The lowest BCUT2D eigenvalue weighted by Crippen LogP contribution is -2.42. The van der Waals surface area contributed by atoms with E-state index in [9.17, 15) is 9.18 Å². The summed E-state index contributed by atoms with van der Waals surface area (Å²) in [6.45, 7) is 1.37. The van der Waals surface area contributed by atoms with Crippen molar-refractivity contribution < 1.29 is 9.18 Å². The van der Waals surface area contributed by atoms with Crippen molar-refractivity contribution in [1.82, 2.24) is 16.2 Å². The summed E-state index contributed by atoms with van der Waals surface area (Å²) in [7, 11) is 1.75. The van der Waals surface area contributed by atoms with Crippen LogP contribution < -0.4 is 16.2 Å². The Hall–Kier alpha value is -2.02. The first kappa shape index (κ1) is 12.4. The third-order valence-electron chi connectivity index (χ3n) is 2.73. The number of hydrogen-bond acceptors (Lipinski definition) is 6. The van der Waals surface area contributed by atoms with Gasteiger partial charge in [-0.2, -0.15) is 10.2 Å². The Morgan fingerprint density at radius 1 is 1.50 bits per heavy atom. The topological polar surface area (TPSA) is 77.9 Å². The molecule has 0 aromatic rings. The molecule has 0 aromatic carbocycles. The number of Topliss-reactive ketones (excluding diaryl/α,β-unsaturated/α-hetero) is 1. The van der Waals surface area contributed by atoms with E-state index in [-0.39, 0.29) is 29.3 Å². The second-order valence-corrected chi connectivity index (χ2v) is 3.94. The summed E-state index contributed by atoms with van der Waals surface area (Å²) in [6, 6.07) is -0.169. The predicted octanol–water partition coefficient (Wildman–Crippen LogP) is 0.167. The van der Waals surface area contributed by atoms with Crippen molar-refractivity contribution in [3.63, 3.8) is 0 Å². The molecule has 0 saturated heterocycles. The average molecular weight is 251 g/mol. The van der Waals surface area contributed by atoms with Gasteiger partial charge in [-0.15, -0.1) is 0 Å². The van der Waals surface area contributed by atoms with E-state index < -0.39 is 0 Å². The molecule has 0 spiro atoms. The van der Waals surface area contributed by atoms with Crippen LogP contribution in [0.15, 0.2) is 33.8 Å². The zero-order valence-corrected chi connectivity index (χ0v) is 10.1. The lowest BCUT2D eigenvalue weighted by molar-refractivity contribution is -0.111. The number of nitrogens with one attached hydrogen (secondary N) is 3. The Balaban J connectivity index is 2.23. The maximum absolute atomic E-state index is 13.8. The van der Waals surface area contributed by atoms with Crippen LogP contribution in [0.3, 0.4) is 0 Å². The van der Waals surface area contributed by atoms with Crippen LogP contribution in [-0.2, 0) is 4.79 Å². The Morgan fingerprint density at radius 2 is 2.28 bits per heavy atom. The van der Waals surface area contributed by atoms with Crippen LogP contribution in [0.5, 0.6) is 0 Å². The molecule has 0 radical (unpaired) electrons. The molecule has 7 heteroatoms. The summed E-state index contributed by atoms with van der Waals surface area (Å²) < 4.78 is 13.8. The molecule has 6 nitrogen and oxygen atoms in total. The van der Waals surface area contributed by atoms with E-state index in [1.165, 1.54) is 13.0 Å². The number of rotatable bonds is 3. The molecule has 1 aliphatic heterocycles. The number of hydrazone groups is 2. The maximum Gasteiger partial charge on any atom is 0.209 e. The van der Waals surface area contributed by atoms with Gasteiger partial charge in [0.15, 0.2) is 11.6 Å². The number of halogens is 1. The van der Waals surface area contributed by atoms with Gasteiger partial charge in [-0.05, 0) is 19.5 Å². The first-order valence-corrected chi connectivity index (χ1v) is 5.55. The van der Waals surface area contributed by atoms with E-state index >= 15 is 0 Å². The first-order chi connectivity index (χ1) is 8.63. The number of nitrogens with zero attached hydrogens (tertiary/aromatic N) is 2. The fourth-order valence-corrected chi connectivity index (χ4v) is 1.77.